The molecule has 0 amide bonds. The molecule has 4 heteroatoms. The van der Waals surface area contributed by atoms with Gasteiger partial charge in [-0.3, -0.25) is 0 Å². The number of fused-ring (bicyclic) bond motifs is 3. The van der Waals surface area contributed by atoms with E-state index in [0.717, 1.165) is 30.2 Å². The Hall–Kier alpha value is -1.38. The van der Waals surface area contributed by atoms with Gasteiger partial charge in [0.2, 0.25) is 0 Å². The molecule has 1 aromatic rings. The molecule has 3 aliphatic rings. The van der Waals surface area contributed by atoms with Gasteiger partial charge in [-0.2, -0.15) is 0 Å². The van der Waals surface area contributed by atoms with Crippen molar-refractivity contribution < 1.29 is 4.74 Å². The molecule has 2 nitrogen and oxygen atoms in total. The molecule has 0 saturated heterocycles. The smallest absolute Gasteiger partial charge is 0.155 e. The van der Waals surface area contributed by atoms with Crippen LogP contribution in [-0.4, -0.2) is 12.1 Å². The van der Waals surface area contributed by atoms with E-state index in [1.807, 2.05) is 12.1 Å². The van der Waals surface area contributed by atoms with Crippen molar-refractivity contribution in [2.75, 3.05) is 6.54 Å². The molecule has 1 unspecified atom stereocenters. The fraction of sp³-hybridized carbons (Fsp3) is 0.250. The average molecular weight is 308 g/mol. The van der Waals surface area contributed by atoms with Crippen LogP contribution in [0.5, 0.6) is 5.75 Å². The van der Waals surface area contributed by atoms with E-state index < -0.39 is 0 Å². The molecule has 0 aromatic heterocycles. The molecule has 2 aliphatic heterocycles. The van der Waals surface area contributed by atoms with Gasteiger partial charge < -0.3 is 10.1 Å². The molecule has 0 bridgehead atoms. The number of allylic oxidation sites excluding steroid dienone is 3. The molecule has 0 fully saturated rings. The minimum Gasteiger partial charge on any atom is -0.480 e. The quantitative estimate of drug-likeness (QED) is 0.787. The summed E-state index contributed by atoms with van der Waals surface area (Å²) < 4.78 is 6.30. The lowest BCUT2D eigenvalue weighted by atomic mass is 9.79. The Bertz CT molecular complexity index is 648. The van der Waals surface area contributed by atoms with Crippen molar-refractivity contribution in [3.8, 4) is 5.75 Å². The summed E-state index contributed by atoms with van der Waals surface area (Å²) in [6.45, 7) is 0.808. The fourth-order valence-corrected chi connectivity index (χ4v) is 3.33. The third kappa shape index (κ3) is 1.95. The van der Waals surface area contributed by atoms with Crippen molar-refractivity contribution >= 4 is 24.0 Å². The predicted octanol–water partition coefficient (Wildman–Crippen LogP) is 3.81. The second-order valence-electron chi connectivity index (χ2n) is 5.29. The molecular formula is C16H15Cl2NO. The van der Waals surface area contributed by atoms with Crippen LogP contribution in [-0.2, 0) is 6.42 Å². The van der Waals surface area contributed by atoms with E-state index in [0.29, 0.717) is 0 Å². The van der Waals surface area contributed by atoms with E-state index >= 15 is 0 Å². The Morgan fingerprint density at radius 2 is 2.20 bits per heavy atom. The van der Waals surface area contributed by atoms with Crippen LogP contribution in [0.15, 0.2) is 53.8 Å². The summed E-state index contributed by atoms with van der Waals surface area (Å²) in [5, 5.41) is 4.10. The average Bonchev–Trinajstić information content (AvgIpc) is 2.77. The highest BCUT2D eigenvalue weighted by molar-refractivity contribution is 6.30. The Balaban J connectivity index is 0.00000121. The molecule has 4 rings (SSSR count). The first kappa shape index (κ1) is 13.6. The lowest BCUT2D eigenvalue weighted by molar-refractivity contribution is 0.134. The first-order chi connectivity index (χ1) is 9.27. The summed E-state index contributed by atoms with van der Waals surface area (Å²) in [7, 11) is 0. The van der Waals surface area contributed by atoms with Crippen LogP contribution in [0.1, 0.15) is 12.0 Å². The second-order valence-corrected chi connectivity index (χ2v) is 5.72. The summed E-state index contributed by atoms with van der Waals surface area (Å²) in [6.07, 6.45) is 10.5. The molecule has 104 valence electrons. The van der Waals surface area contributed by atoms with E-state index in [1.165, 1.54) is 16.7 Å². The number of rotatable bonds is 0. The first-order valence-electron chi connectivity index (χ1n) is 6.54. The maximum atomic E-state index is 6.30. The SMILES string of the molecule is Cl.Clc1ccc2c(c1)OC1(CNC=C3CC=CC=C31)C2. The molecule has 1 aromatic carbocycles. The summed E-state index contributed by atoms with van der Waals surface area (Å²) >= 11 is 6.06. The van der Waals surface area contributed by atoms with E-state index in [1.54, 1.807) is 0 Å². The van der Waals surface area contributed by atoms with Crippen molar-refractivity contribution in [2.24, 2.45) is 0 Å². The topological polar surface area (TPSA) is 21.3 Å². The highest BCUT2D eigenvalue weighted by atomic mass is 35.5. The van der Waals surface area contributed by atoms with Crippen molar-refractivity contribution in [3.63, 3.8) is 0 Å². The van der Waals surface area contributed by atoms with E-state index in [-0.39, 0.29) is 18.0 Å². The molecule has 20 heavy (non-hydrogen) atoms. The van der Waals surface area contributed by atoms with Gasteiger partial charge in [0, 0.05) is 23.2 Å². The number of ether oxygens (including phenoxy) is 1. The normalized spacial score (nSPS) is 25.6. The Labute approximate surface area is 129 Å². The van der Waals surface area contributed by atoms with Crippen molar-refractivity contribution in [2.45, 2.75) is 18.4 Å². The molecule has 1 N–H and O–H groups in total. The Kier molecular flexibility index (Phi) is 3.31. The Morgan fingerprint density at radius 1 is 1.30 bits per heavy atom. The largest absolute Gasteiger partial charge is 0.480 e. The maximum absolute atomic E-state index is 6.30. The van der Waals surface area contributed by atoms with Gasteiger partial charge in [0.15, 0.2) is 5.60 Å². The molecule has 0 saturated carbocycles. The summed E-state index contributed by atoms with van der Waals surface area (Å²) in [4.78, 5) is 0. The van der Waals surface area contributed by atoms with Gasteiger partial charge in [-0.15, -0.1) is 12.4 Å². The molecule has 1 atom stereocenters. The van der Waals surface area contributed by atoms with Crippen LogP contribution in [0.3, 0.4) is 0 Å². The molecule has 2 heterocycles. The predicted molar refractivity (Wildman–Crippen MR) is 83.7 cm³/mol. The van der Waals surface area contributed by atoms with E-state index in [9.17, 15) is 0 Å². The van der Waals surface area contributed by atoms with E-state index in [2.05, 4.69) is 35.8 Å². The van der Waals surface area contributed by atoms with Crippen LogP contribution in [0.25, 0.3) is 0 Å². The van der Waals surface area contributed by atoms with Gasteiger partial charge in [0.25, 0.3) is 0 Å². The van der Waals surface area contributed by atoms with Crippen LogP contribution in [0.2, 0.25) is 5.02 Å². The zero-order valence-electron chi connectivity index (χ0n) is 10.9. The van der Waals surface area contributed by atoms with Crippen molar-refractivity contribution in [1.29, 1.82) is 0 Å². The third-order valence-electron chi connectivity index (χ3n) is 4.05. The monoisotopic (exact) mass is 307 g/mol. The lowest BCUT2D eigenvalue weighted by Crippen LogP contribution is -2.48. The van der Waals surface area contributed by atoms with E-state index in [4.69, 9.17) is 16.3 Å². The zero-order chi connectivity index (χ0) is 12.9. The molecular weight excluding hydrogens is 293 g/mol. The van der Waals surface area contributed by atoms with Gasteiger partial charge in [-0.1, -0.05) is 35.9 Å². The van der Waals surface area contributed by atoms with Crippen LogP contribution < -0.4 is 10.1 Å². The van der Waals surface area contributed by atoms with Gasteiger partial charge in [-0.05, 0) is 29.7 Å². The number of hydrogen-bond acceptors (Lipinski definition) is 2. The second kappa shape index (κ2) is 4.87. The number of nitrogens with one attached hydrogen (secondary N) is 1. The van der Waals surface area contributed by atoms with Gasteiger partial charge in [0.1, 0.15) is 5.75 Å². The van der Waals surface area contributed by atoms with Crippen molar-refractivity contribution in [1.82, 2.24) is 5.32 Å². The minimum absolute atomic E-state index is 0. The minimum atomic E-state index is -0.262. The summed E-state index contributed by atoms with van der Waals surface area (Å²) in [6, 6.07) is 5.93. The lowest BCUT2D eigenvalue weighted by Gasteiger charge is -2.37. The highest BCUT2D eigenvalue weighted by Gasteiger charge is 2.45. The van der Waals surface area contributed by atoms with Crippen molar-refractivity contribution in [3.05, 3.63) is 64.4 Å². The highest BCUT2D eigenvalue weighted by Crippen LogP contribution is 2.44. The van der Waals surface area contributed by atoms with Crippen LogP contribution >= 0.6 is 24.0 Å². The maximum Gasteiger partial charge on any atom is 0.155 e. The fourth-order valence-electron chi connectivity index (χ4n) is 3.16. The first-order valence-corrected chi connectivity index (χ1v) is 6.92. The molecule has 1 spiro atoms. The summed E-state index contributed by atoms with van der Waals surface area (Å²) in [5.41, 5.74) is 3.61. The summed E-state index contributed by atoms with van der Waals surface area (Å²) in [5.74, 6) is 0.922. The zero-order valence-corrected chi connectivity index (χ0v) is 12.4. The Morgan fingerprint density at radius 3 is 3.10 bits per heavy atom. The van der Waals surface area contributed by atoms with Gasteiger partial charge in [-0.25, -0.2) is 0 Å². The third-order valence-corrected chi connectivity index (χ3v) is 4.28. The van der Waals surface area contributed by atoms with Crippen LogP contribution in [0, 0.1) is 0 Å². The number of benzene rings is 1. The van der Waals surface area contributed by atoms with Crippen LogP contribution in [0.4, 0.5) is 0 Å². The van der Waals surface area contributed by atoms with Gasteiger partial charge in [0.05, 0.1) is 6.54 Å². The van der Waals surface area contributed by atoms with Gasteiger partial charge >= 0.3 is 0 Å². The standard InChI is InChI=1S/C16H14ClNO.ClH/c17-13-6-5-11-8-16(19-15(11)7-13)10-18-9-12-3-1-2-4-14(12)16;/h1-2,4-7,9,18H,3,8,10H2;1H. The number of hydrogen-bond donors (Lipinski definition) is 1. The molecule has 0 radical (unpaired) electrons. The number of halogens is 2. The molecule has 1 aliphatic carbocycles.